The fourth-order valence-corrected chi connectivity index (χ4v) is 4.21. The number of thiophene rings is 1. The summed E-state index contributed by atoms with van der Waals surface area (Å²) in [5.41, 5.74) is 3.59. The highest BCUT2D eigenvalue weighted by molar-refractivity contribution is 7.12. The Labute approximate surface area is 140 Å². The van der Waals surface area contributed by atoms with Crippen LogP contribution in [0, 0.1) is 6.92 Å². The maximum absolute atomic E-state index is 12.4. The highest BCUT2D eigenvalue weighted by Gasteiger charge is 2.19. The molecule has 1 aliphatic carbocycles. The van der Waals surface area contributed by atoms with Crippen LogP contribution in [0.3, 0.4) is 0 Å². The Morgan fingerprint density at radius 2 is 2.13 bits per heavy atom. The standard InChI is InChI=1S/C18H22N2O2S/c1-13-6-4-9-16(21)20(13)11-5-10-19-18(22)17-15-8-3-2-7-14(15)12-23-17/h4,6,9,12H,2-3,5,7-8,10-11H2,1H3,(H,19,22). The van der Waals surface area contributed by atoms with Crippen LogP contribution in [0.25, 0.3) is 0 Å². The third kappa shape index (κ3) is 3.55. The largest absolute Gasteiger partial charge is 0.351 e. The number of nitrogens with zero attached hydrogens (tertiary/aromatic N) is 1. The fraction of sp³-hybridized carbons (Fsp3) is 0.444. The number of aromatic nitrogens is 1. The van der Waals surface area contributed by atoms with Crippen molar-refractivity contribution in [2.24, 2.45) is 0 Å². The maximum atomic E-state index is 12.4. The minimum Gasteiger partial charge on any atom is -0.351 e. The Bertz CT molecular complexity index is 761. The number of hydrogen-bond acceptors (Lipinski definition) is 3. The van der Waals surface area contributed by atoms with Gasteiger partial charge in [-0.2, -0.15) is 0 Å². The fourth-order valence-electron chi connectivity index (χ4n) is 3.14. The lowest BCUT2D eigenvalue weighted by atomic mass is 9.94. The zero-order chi connectivity index (χ0) is 16.2. The van der Waals surface area contributed by atoms with Gasteiger partial charge in [0.2, 0.25) is 0 Å². The van der Waals surface area contributed by atoms with E-state index in [1.54, 1.807) is 28.0 Å². The molecule has 0 spiro atoms. The lowest BCUT2D eigenvalue weighted by Crippen LogP contribution is -2.27. The highest BCUT2D eigenvalue weighted by Crippen LogP contribution is 2.29. The molecule has 2 aromatic rings. The molecule has 3 rings (SSSR count). The van der Waals surface area contributed by atoms with Crippen LogP contribution in [0.5, 0.6) is 0 Å². The first kappa shape index (κ1) is 16.0. The monoisotopic (exact) mass is 330 g/mol. The summed E-state index contributed by atoms with van der Waals surface area (Å²) in [4.78, 5) is 25.0. The zero-order valence-corrected chi connectivity index (χ0v) is 14.2. The second-order valence-corrected chi connectivity index (χ2v) is 6.92. The average molecular weight is 330 g/mol. The van der Waals surface area contributed by atoms with E-state index in [2.05, 4.69) is 10.7 Å². The first-order valence-corrected chi connectivity index (χ1v) is 9.08. The summed E-state index contributed by atoms with van der Waals surface area (Å²) in [5.74, 6) is 0.0373. The Kier molecular flexibility index (Phi) is 4.96. The van der Waals surface area contributed by atoms with Crippen molar-refractivity contribution in [1.82, 2.24) is 9.88 Å². The summed E-state index contributed by atoms with van der Waals surface area (Å²) in [6, 6.07) is 5.28. The smallest absolute Gasteiger partial charge is 0.261 e. The number of rotatable bonds is 5. The maximum Gasteiger partial charge on any atom is 0.261 e. The first-order chi connectivity index (χ1) is 11.2. The van der Waals surface area contributed by atoms with Gasteiger partial charge in [0.25, 0.3) is 11.5 Å². The molecule has 0 atom stereocenters. The number of pyridine rings is 1. The van der Waals surface area contributed by atoms with Crippen LogP contribution in [0.2, 0.25) is 0 Å². The van der Waals surface area contributed by atoms with Crippen molar-refractivity contribution < 1.29 is 4.79 Å². The predicted molar refractivity (Wildman–Crippen MR) is 93.4 cm³/mol. The Hall–Kier alpha value is -1.88. The molecule has 0 saturated carbocycles. The molecular weight excluding hydrogens is 308 g/mol. The van der Waals surface area contributed by atoms with Gasteiger partial charge < -0.3 is 9.88 Å². The van der Waals surface area contributed by atoms with Gasteiger partial charge in [-0.3, -0.25) is 9.59 Å². The van der Waals surface area contributed by atoms with Crippen molar-refractivity contribution >= 4 is 17.2 Å². The van der Waals surface area contributed by atoms with Gasteiger partial charge in [-0.15, -0.1) is 11.3 Å². The van der Waals surface area contributed by atoms with Crippen molar-refractivity contribution in [3.8, 4) is 0 Å². The number of carbonyl (C=O) groups excluding carboxylic acids is 1. The zero-order valence-electron chi connectivity index (χ0n) is 13.4. The van der Waals surface area contributed by atoms with E-state index in [0.29, 0.717) is 13.1 Å². The molecule has 1 N–H and O–H groups in total. The Balaban J connectivity index is 1.54. The van der Waals surface area contributed by atoms with E-state index < -0.39 is 0 Å². The molecule has 122 valence electrons. The molecule has 0 saturated heterocycles. The summed E-state index contributed by atoms with van der Waals surface area (Å²) in [6.45, 7) is 3.15. The molecule has 0 fully saturated rings. The topological polar surface area (TPSA) is 51.1 Å². The van der Waals surface area contributed by atoms with Crippen molar-refractivity contribution in [2.75, 3.05) is 6.54 Å². The SMILES string of the molecule is Cc1cccc(=O)n1CCCNC(=O)c1scc2c1CCCC2. The van der Waals surface area contributed by atoms with Gasteiger partial charge >= 0.3 is 0 Å². The summed E-state index contributed by atoms with van der Waals surface area (Å²) in [5, 5.41) is 5.14. The highest BCUT2D eigenvalue weighted by atomic mass is 32.1. The summed E-state index contributed by atoms with van der Waals surface area (Å²) in [7, 11) is 0. The van der Waals surface area contributed by atoms with E-state index in [1.165, 1.54) is 24.0 Å². The van der Waals surface area contributed by atoms with E-state index in [1.807, 2.05) is 13.0 Å². The predicted octanol–water partition coefficient (Wildman–Crippen LogP) is 2.92. The molecular formula is C18H22N2O2S. The average Bonchev–Trinajstić information content (AvgIpc) is 2.97. The molecule has 0 bridgehead atoms. The van der Waals surface area contributed by atoms with Crippen LogP contribution < -0.4 is 10.9 Å². The molecule has 0 aromatic carbocycles. The van der Waals surface area contributed by atoms with Crippen LogP contribution in [0.1, 0.15) is 45.8 Å². The molecule has 1 amide bonds. The Morgan fingerprint density at radius 1 is 1.30 bits per heavy atom. The van der Waals surface area contributed by atoms with Crippen molar-refractivity contribution in [2.45, 2.75) is 45.6 Å². The van der Waals surface area contributed by atoms with Crippen molar-refractivity contribution in [3.63, 3.8) is 0 Å². The second-order valence-electron chi connectivity index (χ2n) is 6.04. The Morgan fingerprint density at radius 3 is 2.96 bits per heavy atom. The number of nitrogens with one attached hydrogen (secondary N) is 1. The number of aryl methyl sites for hydroxylation is 2. The van der Waals surface area contributed by atoms with Crippen LogP contribution >= 0.6 is 11.3 Å². The number of amides is 1. The summed E-state index contributed by atoms with van der Waals surface area (Å²) in [6.07, 6.45) is 5.30. The minimum atomic E-state index is 0.0173. The lowest BCUT2D eigenvalue weighted by Gasteiger charge is -2.13. The molecule has 0 aliphatic heterocycles. The molecule has 2 aromatic heterocycles. The van der Waals surface area contributed by atoms with Gasteiger partial charge in [0, 0.05) is 24.8 Å². The van der Waals surface area contributed by atoms with Gasteiger partial charge in [-0.05, 0) is 61.6 Å². The molecule has 5 heteroatoms. The van der Waals surface area contributed by atoms with Crippen LogP contribution in [-0.2, 0) is 19.4 Å². The number of carbonyl (C=O) groups is 1. The summed E-state index contributed by atoms with van der Waals surface area (Å²) >= 11 is 1.57. The molecule has 2 heterocycles. The molecule has 23 heavy (non-hydrogen) atoms. The van der Waals surface area contributed by atoms with Gasteiger partial charge in [-0.25, -0.2) is 0 Å². The lowest BCUT2D eigenvalue weighted by molar-refractivity contribution is 0.0955. The second kappa shape index (κ2) is 7.13. The van der Waals surface area contributed by atoms with Gasteiger partial charge in [0.05, 0.1) is 4.88 Å². The van der Waals surface area contributed by atoms with E-state index in [-0.39, 0.29) is 11.5 Å². The van der Waals surface area contributed by atoms with Crippen LogP contribution in [0.4, 0.5) is 0 Å². The van der Waals surface area contributed by atoms with Gasteiger partial charge in [0.15, 0.2) is 0 Å². The van der Waals surface area contributed by atoms with Crippen LogP contribution in [-0.4, -0.2) is 17.0 Å². The quantitative estimate of drug-likeness (QED) is 0.857. The van der Waals surface area contributed by atoms with Crippen LogP contribution in [0.15, 0.2) is 28.4 Å². The van der Waals surface area contributed by atoms with E-state index >= 15 is 0 Å². The molecule has 0 radical (unpaired) electrons. The normalized spacial score (nSPS) is 13.6. The van der Waals surface area contributed by atoms with E-state index in [0.717, 1.165) is 29.8 Å². The third-order valence-electron chi connectivity index (χ3n) is 4.42. The molecule has 4 nitrogen and oxygen atoms in total. The van der Waals surface area contributed by atoms with E-state index in [4.69, 9.17) is 0 Å². The van der Waals surface area contributed by atoms with E-state index in [9.17, 15) is 9.59 Å². The van der Waals surface area contributed by atoms with Crippen molar-refractivity contribution in [3.05, 3.63) is 55.6 Å². The summed E-state index contributed by atoms with van der Waals surface area (Å²) < 4.78 is 1.75. The molecule has 0 unspecified atom stereocenters. The number of hydrogen-bond donors (Lipinski definition) is 1. The molecule has 1 aliphatic rings. The van der Waals surface area contributed by atoms with Gasteiger partial charge in [0.1, 0.15) is 0 Å². The third-order valence-corrected chi connectivity index (χ3v) is 5.49. The minimum absolute atomic E-state index is 0.0173. The first-order valence-electron chi connectivity index (χ1n) is 8.20. The van der Waals surface area contributed by atoms with Crippen molar-refractivity contribution in [1.29, 1.82) is 0 Å². The van der Waals surface area contributed by atoms with Gasteiger partial charge in [-0.1, -0.05) is 6.07 Å². The number of fused-ring (bicyclic) bond motifs is 1.